The SMILES string of the molecule is O=C(NC1CCCCCC1)c1cnc(-c2cccs2)s1. The Balaban J connectivity index is 1.65. The van der Waals surface area contributed by atoms with Gasteiger partial charge in [0.2, 0.25) is 0 Å². The lowest BCUT2D eigenvalue weighted by atomic mass is 10.1. The van der Waals surface area contributed by atoms with E-state index < -0.39 is 0 Å². The van der Waals surface area contributed by atoms with Crippen LogP contribution in [-0.4, -0.2) is 16.9 Å². The fourth-order valence-electron chi connectivity index (χ4n) is 2.57. The van der Waals surface area contributed by atoms with E-state index in [0.717, 1.165) is 27.6 Å². The molecule has 0 saturated heterocycles. The third-order valence-electron chi connectivity index (χ3n) is 3.65. The lowest BCUT2D eigenvalue weighted by molar-refractivity contribution is 0.0937. The minimum Gasteiger partial charge on any atom is -0.349 e. The minimum absolute atomic E-state index is 0.0391. The summed E-state index contributed by atoms with van der Waals surface area (Å²) >= 11 is 3.14. The highest BCUT2D eigenvalue weighted by Crippen LogP contribution is 2.29. The molecule has 0 atom stereocenters. The summed E-state index contributed by atoms with van der Waals surface area (Å²) in [7, 11) is 0. The summed E-state index contributed by atoms with van der Waals surface area (Å²) in [6.07, 6.45) is 8.99. The number of hydrogen-bond acceptors (Lipinski definition) is 4. The third kappa shape index (κ3) is 3.27. The van der Waals surface area contributed by atoms with Gasteiger partial charge in [-0.3, -0.25) is 4.79 Å². The first-order valence-electron chi connectivity index (χ1n) is 7.13. The average Bonchev–Trinajstić information content (AvgIpc) is 3.07. The van der Waals surface area contributed by atoms with Gasteiger partial charge >= 0.3 is 0 Å². The van der Waals surface area contributed by atoms with E-state index in [0.29, 0.717) is 6.04 Å². The van der Waals surface area contributed by atoms with Crippen LogP contribution in [0.15, 0.2) is 23.7 Å². The first-order chi connectivity index (χ1) is 9.83. The van der Waals surface area contributed by atoms with Crippen LogP contribution in [0, 0.1) is 0 Å². The van der Waals surface area contributed by atoms with Crippen molar-refractivity contribution in [2.45, 2.75) is 44.6 Å². The molecule has 0 unspecified atom stereocenters. The van der Waals surface area contributed by atoms with E-state index in [1.54, 1.807) is 17.5 Å². The largest absolute Gasteiger partial charge is 0.349 e. The van der Waals surface area contributed by atoms with E-state index in [2.05, 4.69) is 10.3 Å². The molecule has 0 radical (unpaired) electrons. The summed E-state index contributed by atoms with van der Waals surface area (Å²) in [6, 6.07) is 4.39. The predicted molar refractivity (Wildman–Crippen MR) is 84.4 cm³/mol. The van der Waals surface area contributed by atoms with Gasteiger partial charge in [-0.05, 0) is 24.3 Å². The van der Waals surface area contributed by atoms with Crippen LogP contribution < -0.4 is 5.32 Å². The molecule has 106 valence electrons. The summed E-state index contributed by atoms with van der Waals surface area (Å²) in [5.41, 5.74) is 0. The summed E-state index contributed by atoms with van der Waals surface area (Å²) < 4.78 is 0. The van der Waals surface area contributed by atoms with Crippen molar-refractivity contribution in [3.63, 3.8) is 0 Å². The van der Waals surface area contributed by atoms with E-state index in [1.807, 2.05) is 17.5 Å². The van der Waals surface area contributed by atoms with Crippen LogP contribution in [0.4, 0.5) is 0 Å². The second-order valence-electron chi connectivity index (χ2n) is 5.17. The maximum atomic E-state index is 12.3. The summed E-state index contributed by atoms with van der Waals surface area (Å²) in [4.78, 5) is 18.5. The quantitative estimate of drug-likeness (QED) is 0.858. The van der Waals surface area contributed by atoms with Gasteiger partial charge in [-0.1, -0.05) is 31.7 Å². The molecule has 1 fully saturated rings. The van der Waals surface area contributed by atoms with Gasteiger partial charge in [0.15, 0.2) is 0 Å². The van der Waals surface area contributed by atoms with Crippen LogP contribution in [0.25, 0.3) is 9.88 Å². The molecule has 20 heavy (non-hydrogen) atoms. The van der Waals surface area contributed by atoms with Crippen molar-refractivity contribution >= 4 is 28.6 Å². The maximum absolute atomic E-state index is 12.3. The molecule has 0 aromatic carbocycles. The van der Waals surface area contributed by atoms with Crippen molar-refractivity contribution in [1.82, 2.24) is 10.3 Å². The first kappa shape index (κ1) is 13.8. The number of aromatic nitrogens is 1. The van der Waals surface area contributed by atoms with Gasteiger partial charge in [0.1, 0.15) is 9.88 Å². The topological polar surface area (TPSA) is 42.0 Å². The molecule has 0 bridgehead atoms. The second-order valence-corrected chi connectivity index (χ2v) is 7.15. The van der Waals surface area contributed by atoms with Crippen LogP contribution in [0.2, 0.25) is 0 Å². The van der Waals surface area contributed by atoms with Gasteiger partial charge in [0.25, 0.3) is 5.91 Å². The van der Waals surface area contributed by atoms with Crippen molar-refractivity contribution in [3.05, 3.63) is 28.6 Å². The van der Waals surface area contributed by atoms with Crippen molar-refractivity contribution in [1.29, 1.82) is 0 Å². The van der Waals surface area contributed by atoms with Crippen LogP contribution in [0.5, 0.6) is 0 Å². The smallest absolute Gasteiger partial charge is 0.263 e. The summed E-state index contributed by atoms with van der Waals surface area (Å²) in [6.45, 7) is 0. The number of hydrogen-bond donors (Lipinski definition) is 1. The maximum Gasteiger partial charge on any atom is 0.263 e. The number of amides is 1. The van der Waals surface area contributed by atoms with Gasteiger partial charge in [-0.2, -0.15) is 0 Å². The van der Waals surface area contributed by atoms with Crippen molar-refractivity contribution in [3.8, 4) is 9.88 Å². The highest BCUT2D eigenvalue weighted by Gasteiger charge is 2.18. The van der Waals surface area contributed by atoms with E-state index in [9.17, 15) is 4.79 Å². The Bertz CT molecular complexity index is 554. The van der Waals surface area contributed by atoms with Gasteiger partial charge in [-0.15, -0.1) is 22.7 Å². The molecule has 2 aromatic heterocycles. The van der Waals surface area contributed by atoms with Crippen molar-refractivity contribution in [2.24, 2.45) is 0 Å². The molecule has 0 aliphatic heterocycles. The number of nitrogens with one attached hydrogen (secondary N) is 1. The zero-order chi connectivity index (χ0) is 13.8. The molecule has 3 rings (SSSR count). The van der Waals surface area contributed by atoms with Crippen LogP contribution in [0.3, 0.4) is 0 Å². The zero-order valence-electron chi connectivity index (χ0n) is 11.3. The highest BCUT2D eigenvalue weighted by molar-refractivity contribution is 7.21. The van der Waals surface area contributed by atoms with Crippen molar-refractivity contribution in [2.75, 3.05) is 0 Å². The highest BCUT2D eigenvalue weighted by atomic mass is 32.1. The Morgan fingerprint density at radius 2 is 2.05 bits per heavy atom. The number of thiophene rings is 1. The lowest BCUT2D eigenvalue weighted by Gasteiger charge is -2.15. The summed E-state index contributed by atoms with van der Waals surface area (Å²) in [5.74, 6) is 0.0391. The van der Waals surface area contributed by atoms with Crippen LogP contribution in [0.1, 0.15) is 48.2 Å². The Kier molecular flexibility index (Phi) is 4.47. The lowest BCUT2D eigenvalue weighted by Crippen LogP contribution is -2.33. The molecular weight excluding hydrogens is 288 g/mol. The van der Waals surface area contributed by atoms with E-state index >= 15 is 0 Å². The predicted octanol–water partition coefficient (Wildman–Crippen LogP) is 4.32. The van der Waals surface area contributed by atoms with Gasteiger partial charge in [0, 0.05) is 6.04 Å². The van der Waals surface area contributed by atoms with Crippen LogP contribution >= 0.6 is 22.7 Å². The Hall–Kier alpha value is -1.20. The second kappa shape index (κ2) is 6.50. The Morgan fingerprint density at radius 3 is 2.75 bits per heavy atom. The van der Waals surface area contributed by atoms with Gasteiger partial charge < -0.3 is 5.32 Å². The molecule has 1 saturated carbocycles. The number of nitrogens with zero attached hydrogens (tertiary/aromatic N) is 1. The Morgan fingerprint density at radius 1 is 1.25 bits per heavy atom. The first-order valence-corrected chi connectivity index (χ1v) is 8.83. The van der Waals surface area contributed by atoms with Gasteiger partial charge in [-0.25, -0.2) is 4.98 Å². The molecule has 1 amide bonds. The normalized spacial score (nSPS) is 16.8. The molecule has 5 heteroatoms. The fraction of sp³-hybridized carbons (Fsp3) is 0.467. The van der Waals surface area contributed by atoms with Crippen LogP contribution in [-0.2, 0) is 0 Å². The monoisotopic (exact) mass is 306 g/mol. The van der Waals surface area contributed by atoms with E-state index in [-0.39, 0.29) is 5.91 Å². The molecule has 1 aliphatic carbocycles. The molecule has 1 N–H and O–H groups in total. The molecule has 0 spiro atoms. The number of carbonyl (C=O) groups is 1. The zero-order valence-corrected chi connectivity index (χ0v) is 12.9. The van der Waals surface area contributed by atoms with Gasteiger partial charge in [0.05, 0.1) is 11.1 Å². The molecular formula is C15H18N2OS2. The third-order valence-corrected chi connectivity index (χ3v) is 5.69. The molecule has 1 aliphatic rings. The fourth-order valence-corrected chi connectivity index (χ4v) is 4.20. The standard InChI is InChI=1S/C15H18N2OS2/c18-14(17-11-6-3-1-2-4-7-11)13-10-16-15(20-13)12-8-5-9-19-12/h5,8-11H,1-4,6-7H2,(H,17,18). The minimum atomic E-state index is 0.0391. The van der Waals surface area contributed by atoms with E-state index in [1.165, 1.54) is 37.0 Å². The van der Waals surface area contributed by atoms with E-state index in [4.69, 9.17) is 0 Å². The Labute approximate surface area is 127 Å². The molecule has 2 heterocycles. The molecule has 3 nitrogen and oxygen atoms in total. The van der Waals surface area contributed by atoms with Crippen molar-refractivity contribution < 1.29 is 4.79 Å². The number of carbonyl (C=O) groups excluding carboxylic acids is 1. The molecule has 2 aromatic rings. The number of thiazole rings is 1. The summed E-state index contributed by atoms with van der Waals surface area (Å²) in [5, 5.41) is 6.13. The average molecular weight is 306 g/mol. The number of rotatable bonds is 3.